The molecule has 0 aliphatic carbocycles. The van der Waals surface area contributed by atoms with Crippen LogP contribution in [0.1, 0.15) is 27.2 Å². The average molecular weight is 217 g/mol. The number of carbonyl (C=O) groups is 2. The maximum absolute atomic E-state index is 11.4. The van der Waals surface area contributed by atoms with Gasteiger partial charge in [0.05, 0.1) is 19.6 Å². The molecule has 0 aromatic carbocycles. The summed E-state index contributed by atoms with van der Waals surface area (Å²) in [7, 11) is 0. The first-order valence-corrected chi connectivity index (χ1v) is 5.21. The molecule has 0 fully saturated rings. The minimum atomic E-state index is -0.603. The van der Waals surface area contributed by atoms with Gasteiger partial charge in [-0.25, -0.2) is 0 Å². The van der Waals surface area contributed by atoms with Crippen molar-refractivity contribution < 1.29 is 19.1 Å². The Morgan fingerprint density at radius 2 is 1.73 bits per heavy atom. The van der Waals surface area contributed by atoms with Gasteiger partial charge in [-0.15, -0.1) is 0 Å². The van der Waals surface area contributed by atoms with Crippen LogP contribution in [0.3, 0.4) is 0 Å². The summed E-state index contributed by atoms with van der Waals surface area (Å²) in [5, 5.41) is 2.88. The summed E-state index contributed by atoms with van der Waals surface area (Å²) in [5.41, 5.74) is 0. The standard InChI is InChI=1S/C10H19NO4/c1-4-11-8(10(13)15-6-3)7-9(12)14-5-2/h8,11H,4-7H2,1-3H3. The molecule has 0 heterocycles. The molecule has 5 heteroatoms. The van der Waals surface area contributed by atoms with Gasteiger partial charge in [-0.3, -0.25) is 9.59 Å². The largest absolute Gasteiger partial charge is 0.466 e. The van der Waals surface area contributed by atoms with E-state index in [9.17, 15) is 9.59 Å². The lowest BCUT2D eigenvalue weighted by Crippen LogP contribution is -2.40. The van der Waals surface area contributed by atoms with E-state index in [0.29, 0.717) is 19.8 Å². The lowest BCUT2D eigenvalue weighted by molar-refractivity contribution is -0.152. The zero-order valence-electron chi connectivity index (χ0n) is 9.54. The van der Waals surface area contributed by atoms with Crippen molar-refractivity contribution in [3.63, 3.8) is 0 Å². The molecule has 0 aliphatic rings. The van der Waals surface area contributed by atoms with Gasteiger partial charge in [-0.2, -0.15) is 0 Å². The van der Waals surface area contributed by atoms with E-state index in [0.717, 1.165) is 0 Å². The predicted molar refractivity (Wildman–Crippen MR) is 55.3 cm³/mol. The van der Waals surface area contributed by atoms with Gasteiger partial charge in [-0.05, 0) is 20.4 Å². The third kappa shape index (κ3) is 6.06. The number of ether oxygens (including phenoxy) is 2. The van der Waals surface area contributed by atoms with Crippen molar-refractivity contribution >= 4 is 11.9 Å². The summed E-state index contributed by atoms with van der Waals surface area (Å²) in [4.78, 5) is 22.5. The van der Waals surface area contributed by atoms with Crippen molar-refractivity contribution in [3.05, 3.63) is 0 Å². The molecular formula is C10H19NO4. The van der Waals surface area contributed by atoms with E-state index in [4.69, 9.17) is 9.47 Å². The molecule has 0 rings (SSSR count). The number of hydrogen-bond donors (Lipinski definition) is 1. The van der Waals surface area contributed by atoms with Crippen molar-refractivity contribution in [2.24, 2.45) is 0 Å². The van der Waals surface area contributed by atoms with Crippen LogP contribution in [0.25, 0.3) is 0 Å². The molecule has 0 aliphatic heterocycles. The maximum atomic E-state index is 11.4. The first kappa shape index (κ1) is 13.9. The lowest BCUT2D eigenvalue weighted by atomic mass is 10.2. The third-order valence-electron chi connectivity index (χ3n) is 1.70. The van der Waals surface area contributed by atoms with Crippen LogP contribution in [0.5, 0.6) is 0 Å². The summed E-state index contributed by atoms with van der Waals surface area (Å²) in [5.74, 6) is -0.802. The zero-order valence-corrected chi connectivity index (χ0v) is 9.54. The number of likely N-dealkylation sites (N-methyl/N-ethyl adjacent to an activating group) is 1. The summed E-state index contributed by atoms with van der Waals surface area (Å²) < 4.78 is 9.59. The second kappa shape index (κ2) is 8.23. The normalized spacial score (nSPS) is 11.9. The van der Waals surface area contributed by atoms with E-state index < -0.39 is 18.0 Å². The van der Waals surface area contributed by atoms with E-state index in [2.05, 4.69) is 5.32 Å². The fraction of sp³-hybridized carbons (Fsp3) is 0.800. The Labute approximate surface area is 90.1 Å². The summed E-state index contributed by atoms with van der Waals surface area (Å²) in [6, 6.07) is -0.603. The minimum Gasteiger partial charge on any atom is -0.466 e. The molecular weight excluding hydrogens is 198 g/mol. The van der Waals surface area contributed by atoms with Crippen molar-refractivity contribution in [2.75, 3.05) is 19.8 Å². The van der Waals surface area contributed by atoms with Crippen LogP contribution in [0.15, 0.2) is 0 Å². The van der Waals surface area contributed by atoms with Gasteiger partial charge in [0, 0.05) is 0 Å². The average Bonchev–Trinajstić information content (AvgIpc) is 2.18. The molecule has 0 saturated heterocycles. The molecule has 5 nitrogen and oxygen atoms in total. The number of rotatable bonds is 7. The quantitative estimate of drug-likeness (QED) is 0.628. The summed E-state index contributed by atoms with van der Waals surface area (Å²) in [6.07, 6.45) is 0.0144. The molecule has 0 aromatic rings. The Morgan fingerprint density at radius 1 is 1.13 bits per heavy atom. The van der Waals surface area contributed by atoms with Crippen LogP contribution < -0.4 is 5.32 Å². The molecule has 15 heavy (non-hydrogen) atoms. The van der Waals surface area contributed by atoms with Crippen LogP contribution in [-0.4, -0.2) is 37.7 Å². The molecule has 0 radical (unpaired) electrons. The SMILES string of the molecule is CCNC(CC(=O)OCC)C(=O)OCC. The van der Waals surface area contributed by atoms with Crippen molar-refractivity contribution in [3.8, 4) is 0 Å². The Bertz CT molecular complexity index is 206. The Morgan fingerprint density at radius 3 is 2.20 bits per heavy atom. The Hall–Kier alpha value is -1.10. The molecule has 88 valence electrons. The van der Waals surface area contributed by atoms with E-state index in [1.165, 1.54) is 0 Å². The van der Waals surface area contributed by atoms with Gasteiger partial charge in [0.1, 0.15) is 6.04 Å². The van der Waals surface area contributed by atoms with Gasteiger partial charge in [0.15, 0.2) is 0 Å². The van der Waals surface area contributed by atoms with Gasteiger partial charge < -0.3 is 14.8 Å². The number of carbonyl (C=O) groups excluding carboxylic acids is 2. The number of hydrogen-bond acceptors (Lipinski definition) is 5. The smallest absolute Gasteiger partial charge is 0.323 e. The van der Waals surface area contributed by atoms with E-state index in [1.54, 1.807) is 13.8 Å². The first-order chi connectivity index (χ1) is 7.15. The van der Waals surface area contributed by atoms with Crippen molar-refractivity contribution in [2.45, 2.75) is 33.2 Å². The number of esters is 2. The van der Waals surface area contributed by atoms with Gasteiger partial charge in [0.25, 0.3) is 0 Å². The van der Waals surface area contributed by atoms with Crippen molar-refractivity contribution in [1.29, 1.82) is 0 Å². The van der Waals surface area contributed by atoms with E-state index >= 15 is 0 Å². The fourth-order valence-corrected chi connectivity index (χ4v) is 1.11. The molecule has 0 aromatic heterocycles. The Balaban J connectivity index is 4.13. The van der Waals surface area contributed by atoms with E-state index in [1.807, 2.05) is 6.92 Å². The molecule has 0 spiro atoms. The molecule has 1 unspecified atom stereocenters. The zero-order chi connectivity index (χ0) is 11.7. The van der Waals surface area contributed by atoms with Crippen molar-refractivity contribution in [1.82, 2.24) is 5.32 Å². The predicted octanol–water partition coefficient (Wildman–Crippen LogP) is 0.481. The van der Waals surface area contributed by atoms with Gasteiger partial charge in [-0.1, -0.05) is 6.92 Å². The van der Waals surface area contributed by atoms with Crippen LogP contribution in [-0.2, 0) is 19.1 Å². The summed E-state index contributed by atoms with van der Waals surface area (Å²) >= 11 is 0. The molecule has 1 atom stereocenters. The van der Waals surface area contributed by atoms with Gasteiger partial charge >= 0.3 is 11.9 Å². The monoisotopic (exact) mass is 217 g/mol. The highest BCUT2D eigenvalue weighted by molar-refractivity contribution is 5.82. The highest BCUT2D eigenvalue weighted by Crippen LogP contribution is 1.98. The minimum absolute atomic E-state index is 0.0144. The topological polar surface area (TPSA) is 64.6 Å². The van der Waals surface area contributed by atoms with Crippen LogP contribution in [0.4, 0.5) is 0 Å². The second-order valence-corrected chi connectivity index (χ2v) is 2.87. The second-order valence-electron chi connectivity index (χ2n) is 2.87. The molecule has 0 amide bonds. The highest BCUT2D eigenvalue weighted by atomic mass is 16.5. The molecule has 0 saturated carbocycles. The maximum Gasteiger partial charge on any atom is 0.323 e. The van der Waals surface area contributed by atoms with Crippen LogP contribution >= 0.6 is 0 Å². The highest BCUT2D eigenvalue weighted by Gasteiger charge is 2.22. The third-order valence-corrected chi connectivity index (χ3v) is 1.70. The van der Waals surface area contributed by atoms with E-state index in [-0.39, 0.29) is 6.42 Å². The molecule has 0 bridgehead atoms. The number of nitrogens with one attached hydrogen (secondary N) is 1. The van der Waals surface area contributed by atoms with Gasteiger partial charge in [0.2, 0.25) is 0 Å². The fourth-order valence-electron chi connectivity index (χ4n) is 1.11. The first-order valence-electron chi connectivity index (χ1n) is 5.21. The molecule has 1 N–H and O–H groups in total. The van der Waals surface area contributed by atoms with Crippen LogP contribution in [0, 0.1) is 0 Å². The summed E-state index contributed by atoms with van der Waals surface area (Å²) in [6.45, 7) is 6.54. The van der Waals surface area contributed by atoms with Crippen LogP contribution in [0.2, 0.25) is 0 Å². The Kier molecular flexibility index (Phi) is 7.62. The lowest BCUT2D eigenvalue weighted by Gasteiger charge is -2.15.